The van der Waals surface area contributed by atoms with Gasteiger partial charge in [0.05, 0.1) is 6.10 Å². The van der Waals surface area contributed by atoms with Crippen molar-refractivity contribution < 1.29 is 5.11 Å². The fraction of sp³-hybridized carbons (Fsp3) is 0.250. The highest BCUT2D eigenvalue weighted by Crippen LogP contribution is 2.17. The average Bonchev–Trinajstić information content (AvgIpc) is 2.46. The molecule has 1 unspecified atom stereocenters. The quantitative estimate of drug-likeness (QED) is 0.872. The van der Waals surface area contributed by atoms with Crippen LogP contribution in [0.15, 0.2) is 54.6 Å². The summed E-state index contributed by atoms with van der Waals surface area (Å²) in [4.78, 5) is 0. The van der Waals surface area contributed by atoms with E-state index in [4.69, 9.17) is 11.6 Å². The van der Waals surface area contributed by atoms with Gasteiger partial charge in [0.25, 0.3) is 0 Å². The zero-order chi connectivity index (χ0) is 13.7. The van der Waals surface area contributed by atoms with Gasteiger partial charge in [0, 0.05) is 17.6 Å². The smallest absolute Gasteiger partial charge is 0.0914 e. The van der Waals surface area contributed by atoms with Crippen molar-refractivity contribution in [2.24, 2.45) is 0 Å². The van der Waals surface area contributed by atoms with E-state index < -0.39 is 6.10 Å². The maximum absolute atomic E-state index is 10.1. The van der Waals surface area contributed by atoms with Gasteiger partial charge < -0.3 is 10.4 Å². The zero-order valence-electron chi connectivity index (χ0n) is 10.9. The Labute approximate surface area is 119 Å². The van der Waals surface area contributed by atoms with Crippen molar-refractivity contribution in [1.82, 2.24) is 5.32 Å². The SMILES string of the molecule is C[C@H](NCC(O)c1ccc(Cl)cc1)c1ccccc1. The summed E-state index contributed by atoms with van der Waals surface area (Å²) in [6.07, 6.45) is -0.525. The molecule has 0 saturated heterocycles. The first-order valence-corrected chi connectivity index (χ1v) is 6.76. The van der Waals surface area contributed by atoms with Gasteiger partial charge >= 0.3 is 0 Å². The summed E-state index contributed by atoms with van der Waals surface area (Å²) in [5.41, 5.74) is 2.09. The van der Waals surface area contributed by atoms with Crippen LogP contribution >= 0.6 is 11.6 Å². The van der Waals surface area contributed by atoms with Crippen molar-refractivity contribution in [3.05, 3.63) is 70.7 Å². The highest BCUT2D eigenvalue weighted by Gasteiger charge is 2.10. The third-order valence-corrected chi connectivity index (χ3v) is 3.42. The molecule has 0 aliphatic heterocycles. The van der Waals surface area contributed by atoms with Crippen molar-refractivity contribution in [3.63, 3.8) is 0 Å². The molecule has 2 aromatic carbocycles. The predicted molar refractivity (Wildman–Crippen MR) is 79.3 cm³/mol. The lowest BCUT2D eigenvalue weighted by molar-refractivity contribution is 0.171. The second-order valence-electron chi connectivity index (χ2n) is 4.61. The molecule has 0 radical (unpaired) electrons. The number of aliphatic hydroxyl groups excluding tert-OH is 1. The number of aliphatic hydroxyl groups is 1. The maximum atomic E-state index is 10.1. The summed E-state index contributed by atoms with van der Waals surface area (Å²) in [5, 5.41) is 14.1. The Bertz CT molecular complexity index is 498. The van der Waals surface area contributed by atoms with E-state index in [1.165, 1.54) is 5.56 Å². The van der Waals surface area contributed by atoms with E-state index in [0.717, 1.165) is 5.56 Å². The van der Waals surface area contributed by atoms with Gasteiger partial charge in [-0.05, 0) is 30.2 Å². The Kier molecular flexibility index (Phi) is 4.97. The molecule has 0 spiro atoms. The Morgan fingerprint density at radius 3 is 2.26 bits per heavy atom. The summed E-state index contributed by atoms with van der Waals surface area (Å²) in [5.74, 6) is 0. The Morgan fingerprint density at radius 1 is 1.00 bits per heavy atom. The van der Waals surface area contributed by atoms with Gasteiger partial charge in [-0.15, -0.1) is 0 Å². The average molecular weight is 276 g/mol. The molecule has 0 aromatic heterocycles. The van der Waals surface area contributed by atoms with Crippen LogP contribution in [0.4, 0.5) is 0 Å². The minimum Gasteiger partial charge on any atom is -0.387 e. The molecule has 0 aliphatic carbocycles. The molecule has 0 heterocycles. The molecule has 2 atom stereocenters. The van der Waals surface area contributed by atoms with Crippen LogP contribution in [-0.4, -0.2) is 11.7 Å². The number of rotatable bonds is 5. The summed E-state index contributed by atoms with van der Waals surface area (Å²) in [7, 11) is 0. The van der Waals surface area contributed by atoms with Crippen LogP contribution in [0.1, 0.15) is 30.2 Å². The zero-order valence-corrected chi connectivity index (χ0v) is 11.6. The van der Waals surface area contributed by atoms with Gasteiger partial charge in [-0.2, -0.15) is 0 Å². The number of nitrogens with one attached hydrogen (secondary N) is 1. The summed E-state index contributed by atoms with van der Waals surface area (Å²) in [6.45, 7) is 2.60. The topological polar surface area (TPSA) is 32.3 Å². The molecule has 0 saturated carbocycles. The van der Waals surface area contributed by atoms with E-state index >= 15 is 0 Å². The molecular formula is C16H18ClNO. The first kappa shape index (κ1) is 14.1. The number of hydrogen-bond acceptors (Lipinski definition) is 2. The van der Waals surface area contributed by atoms with E-state index in [2.05, 4.69) is 24.4 Å². The molecule has 0 aliphatic rings. The summed E-state index contributed by atoms with van der Waals surface area (Å²) < 4.78 is 0. The molecule has 2 aromatic rings. The van der Waals surface area contributed by atoms with E-state index in [9.17, 15) is 5.11 Å². The van der Waals surface area contributed by atoms with Crippen LogP contribution in [-0.2, 0) is 0 Å². The van der Waals surface area contributed by atoms with Crippen molar-refractivity contribution >= 4 is 11.6 Å². The van der Waals surface area contributed by atoms with E-state index in [1.54, 1.807) is 12.1 Å². The second kappa shape index (κ2) is 6.71. The first-order valence-electron chi connectivity index (χ1n) is 6.38. The molecular weight excluding hydrogens is 258 g/mol. The lowest BCUT2D eigenvalue weighted by Gasteiger charge is -2.17. The van der Waals surface area contributed by atoms with Gasteiger partial charge in [-0.3, -0.25) is 0 Å². The molecule has 0 bridgehead atoms. The van der Waals surface area contributed by atoms with Crippen molar-refractivity contribution in [3.8, 4) is 0 Å². The number of benzene rings is 2. The third kappa shape index (κ3) is 4.06. The van der Waals surface area contributed by atoms with Gasteiger partial charge in [0.1, 0.15) is 0 Å². The Hall–Kier alpha value is -1.35. The number of halogens is 1. The molecule has 2 N–H and O–H groups in total. The monoisotopic (exact) mass is 275 g/mol. The molecule has 2 nitrogen and oxygen atoms in total. The van der Waals surface area contributed by atoms with E-state index in [0.29, 0.717) is 11.6 Å². The lowest BCUT2D eigenvalue weighted by atomic mass is 10.1. The Balaban J connectivity index is 1.90. The van der Waals surface area contributed by atoms with Gasteiger partial charge in [0.15, 0.2) is 0 Å². The highest BCUT2D eigenvalue weighted by atomic mass is 35.5. The first-order chi connectivity index (χ1) is 9.16. The van der Waals surface area contributed by atoms with Crippen molar-refractivity contribution in [2.75, 3.05) is 6.54 Å². The molecule has 0 amide bonds. The lowest BCUT2D eigenvalue weighted by Crippen LogP contribution is -2.24. The Morgan fingerprint density at radius 2 is 1.63 bits per heavy atom. The number of hydrogen-bond donors (Lipinski definition) is 2. The second-order valence-corrected chi connectivity index (χ2v) is 5.04. The van der Waals surface area contributed by atoms with E-state index in [1.807, 2.05) is 30.3 Å². The highest BCUT2D eigenvalue weighted by molar-refractivity contribution is 6.30. The normalized spacial score (nSPS) is 14.1. The molecule has 0 fully saturated rings. The summed E-state index contributed by atoms with van der Waals surface area (Å²) >= 11 is 5.83. The van der Waals surface area contributed by atoms with Crippen molar-refractivity contribution in [2.45, 2.75) is 19.1 Å². The van der Waals surface area contributed by atoms with Crippen LogP contribution in [0.2, 0.25) is 5.02 Å². The van der Waals surface area contributed by atoms with Crippen LogP contribution in [0, 0.1) is 0 Å². The van der Waals surface area contributed by atoms with Crippen LogP contribution < -0.4 is 5.32 Å². The standard InChI is InChI=1S/C16H18ClNO/c1-12(13-5-3-2-4-6-13)18-11-16(19)14-7-9-15(17)10-8-14/h2-10,12,16,18-19H,11H2,1H3/t12-,16?/m0/s1. The van der Waals surface area contributed by atoms with Gasteiger partial charge in [0.2, 0.25) is 0 Å². The molecule has 3 heteroatoms. The van der Waals surface area contributed by atoms with Crippen LogP contribution in [0.3, 0.4) is 0 Å². The largest absolute Gasteiger partial charge is 0.387 e. The van der Waals surface area contributed by atoms with Crippen LogP contribution in [0.25, 0.3) is 0 Å². The summed E-state index contributed by atoms with van der Waals surface area (Å²) in [6, 6.07) is 17.7. The molecule has 2 rings (SSSR count). The molecule has 19 heavy (non-hydrogen) atoms. The minimum atomic E-state index is -0.525. The van der Waals surface area contributed by atoms with Crippen LogP contribution in [0.5, 0.6) is 0 Å². The minimum absolute atomic E-state index is 0.211. The fourth-order valence-electron chi connectivity index (χ4n) is 1.95. The maximum Gasteiger partial charge on any atom is 0.0914 e. The van der Waals surface area contributed by atoms with E-state index in [-0.39, 0.29) is 6.04 Å². The fourth-order valence-corrected chi connectivity index (χ4v) is 2.08. The molecule has 100 valence electrons. The van der Waals surface area contributed by atoms with Crippen molar-refractivity contribution in [1.29, 1.82) is 0 Å². The third-order valence-electron chi connectivity index (χ3n) is 3.17. The van der Waals surface area contributed by atoms with Gasteiger partial charge in [-0.25, -0.2) is 0 Å². The van der Waals surface area contributed by atoms with Gasteiger partial charge in [-0.1, -0.05) is 54.1 Å². The predicted octanol–water partition coefficient (Wildman–Crippen LogP) is 3.72.